The maximum absolute atomic E-state index is 11.1. The van der Waals surface area contributed by atoms with Crippen LogP contribution in [0.1, 0.15) is 25.8 Å². The maximum atomic E-state index is 11.1. The molecule has 0 radical (unpaired) electrons. The molecular formula is C18H31IN4O3. The van der Waals surface area contributed by atoms with Crippen LogP contribution in [0.25, 0.3) is 0 Å². The molecule has 1 aromatic rings. The summed E-state index contributed by atoms with van der Waals surface area (Å²) in [4.78, 5) is 15.3. The minimum atomic E-state index is -0.480. The quantitative estimate of drug-likeness (QED) is 0.220. The number of ether oxygens (including phenoxy) is 2. The van der Waals surface area contributed by atoms with Gasteiger partial charge in [-0.2, -0.15) is 0 Å². The van der Waals surface area contributed by atoms with Gasteiger partial charge in [0.2, 0.25) is 0 Å². The molecule has 0 atom stereocenters. The molecule has 0 unspecified atom stereocenters. The van der Waals surface area contributed by atoms with Crippen LogP contribution in [0.2, 0.25) is 0 Å². The Morgan fingerprint density at radius 1 is 1.15 bits per heavy atom. The van der Waals surface area contributed by atoms with Gasteiger partial charge in [0, 0.05) is 32.4 Å². The lowest BCUT2D eigenvalue weighted by atomic mass is 10.1. The van der Waals surface area contributed by atoms with Crippen molar-refractivity contribution in [2.24, 2.45) is 10.9 Å². The summed E-state index contributed by atoms with van der Waals surface area (Å²) in [6, 6.07) is 7.51. The van der Waals surface area contributed by atoms with Gasteiger partial charge in [0.1, 0.15) is 0 Å². The van der Waals surface area contributed by atoms with Crippen LogP contribution in [0.15, 0.2) is 29.3 Å². The van der Waals surface area contributed by atoms with E-state index in [9.17, 15) is 4.79 Å². The van der Waals surface area contributed by atoms with Crippen molar-refractivity contribution in [3.8, 4) is 0 Å². The average Bonchev–Trinajstić information content (AvgIpc) is 2.61. The number of aliphatic imine (C=N–C) groups is 1. The van der Waals surface area contributed by atoms with E-state index in [1.807, 2.05) is 24.3 Å². The number of amides is 1. The van der Waals surface area contributed by atoms with E-state index < -0.39 is 6.09 Å². The number of methoxy groups -OCH3 is 1. The van der Waals surface area contributed by atoms with Crippen molar-refractivity contribution in [3.05, 3.63) is 29.8 Å². The molecule has 0 bridgehead atoms. The highest BCUT2D eigenvalue weighted by Gasteiger charge is 2.02. The molecule has 8 heteroatoms. The van der Waals surface area contributed by atoms with E-state index in [2.05, 4.69) is 39.5 Å². The van der Waals surface area contributed by atoms with Crippen LogP contribution in [-0.2, 0) is 16.0 Å². The lowest BCUT2D eigenvalue weighted by Crippen LogP contribution is -2.38. The van der Waals surface area contributed by atoms with E-state index in [0.29, 0.717) is 31.3 Å². The Labute approximate surface area is 173 Å². The number of anilines is 1. The molecule has 7 nitrogen and oxygen atoms in total. The first-order chi connectivity index (χ1) is 12.0. The van der Waals surface area contributed by atoms with Crippen LogP contribution in [-0.4, -0.2) is 46.0 Å². The number of benzene rings is 1. The third-order valence-corrected chi connectivity index (χ3v) is 3.45. The van der Waals surface area contributed by atoms with Gasteiger partial charge in [-0.1, -0.05) is 26.0 Å². The lowest BCUT2D eigenvalue weighted by Gasteiger charge is -2.13. The summed E-state index contributed by atoms with van der Waals surface area (Å²) >= 11 is 0. The molecule has 1 aromatic carbocycles. The number of hydrogen-bond donors (Lipinski definition) is 3. The molecule has 3 N–H and O–H groups in total. The normalized spacial score (nSPS) is 10.9. The van der Waals surface area contributed by atoms with Crippen molar-refractivity contribution in [2.45, 2.75) is 26.8 Å². The van der Waals surface area contributed by atoms with E-state index in [1.165, 1.54) is 7.11 Å². The van der Waals surface area contributed by atoms with Gasteiger partial charge < -0.3 is 20.1 Å². The Morgan fingerprint density at radius 3 is 2.42 bits per heavy atom. The number of hydrogen-bond acceptors (Lipinski definition) is 4. The van der Waals surface area contributed by atoms with E-state index in [4.69, 9.17) is 4.74 Å². The van der Waals surface area contributed by atoms with Crippen molar-refractivity contribution in [2.75, 3.05) is 39.2 Å². The third-order valence-electron chi connectivity index (χ3n) is 3.45. The molecule has 0 saturated heterocycles. The molecule has 1 amide bonds. The monoisotopic (exact) mass is 478 g/mol. The van der Waals surface area contributed by atoms with E-state index in [0.717, 1.165) is 24.6 Å². The third kappa shape index (κ3) is 11.1. The Hall–Kier alpha value is -1.55. The molecule has 0 aliphatic heterocycles. The van der Waals surface area contributed by atoms with Crippen LogP contribution in [0, 0.1) is 5.92 Å². The van der Waals surface area contributed by atoms with Crippen molar-refractivity contribution in [1.82, 2.24) is 10.6 Å². The number of carbonyl (C=O) groups is 1. The van der Waals surface area contributed by atoms with Gasteiger partial charge >= 0.3 is 6.09 Å². The summed E-state index contributed by atoms with van der Waals surface area (Å²) in [6.45, 7) is 7.15. The minimum Gasteiger partial charge on any atom is -0.453 e. The molecule has 0 heterocycles. The molecule has 0 fully saturated rings. The molecule has 26 heavy (non-hydrogen) atoms. The highest BCUT2D eigenvalue weighted by molar-refractivity contribution is 14.0. The maximum Gasteiger partial charge on any atom is 0.411 e. The van der Waals surface area contributed by atoms with Crippen LogP contribution in [0.5, 0.6) is 0 Å². The summed E-state index contributed by atoms with van der Waals surface area (Å²) in [5.74, 6) is 1.39. The number of rotatable bonds is 9. The van der Waals surface area contributed by atoms with E-state index >= 15 is 0 Å². The van der Waals surface area contributed by atoms with Gasteiger partial charge in [0.25, 0.3) is 0 Å². The first-order valence-electron chi connectivity index (χ1n) is 8.51. The molecule has 0 aliphatic carbocycles. The molecule has 1 rings (SSSR count). The zero-order chi connectivity index (χ0) is 18.5. The van der Waals surface area contributed by atoms with E-state index in [-0.39, 0.29) is 24.0 Å². The number of guanidine groups is 1. The zero-order valence-corrected chi connectivity index (χ0v) is 18.3. The fourth-order valence-corrected chi connectivity index (χ4v) is 1.94. The summed E-state index contributed by atoms with van der Waals surface area (Å²) < 4.78 is 10.1. The molecule has 0 saturated carbocycles. The van der Waals surface area contributed by atoms with E-state index in [1.54, 1.807) is 7.05 Å². The van der Waals surface area contributed by atoms with Crippen LogP contribution >= 0.6 is 24.0 Å². The Bertz CT molecular complexity index is 536. The predicted octanol–water partition coefficient (Wildman–Crippen LogP) is 3.21. The lowest BCUT2D eigenvalue weighted by molar-refractivity contribution is 0.128. The fraction of sp³-hybridized carbons (Fsp3) is 0.556. The van der Waals surface area contributed by atoms with Crippen molar-refractivity contribution in [3.63, 3.8) is 0 Å². The minimum absolute atomic E-state index is 0. The highest BCUT2D eigenvalue weighted by atomic mass is 127. The fourth-order valence-electron chi connectivity index (χ4n) is 1.94. The van der Waals surface area contributed by atoms with Gasteiger partial charge in [0.15, 0.2) is 5.96 Å². The second-order valence-corrected chi connectivity index (χ2v) is 5.96. The van der Waals surface area contributed by atoms with Gasteiger partial charge in [-0.15, -0.1) is 24.0 Å². The van der Waals surface area contributed by atoms with Crippen molar-refractivity contribution in [1.29, 1.82) is 0 Å². The molecular weight excluding hydrogens is 447 g/mol. The molecule has 148 valence electrons. The Balaban J connectivity index is 0.00000625. The summed E-state index contributed by atoms with van der Waals surface area (Å²) in [5.41, 5.74) is 1.77. The summed E-state index contributed by atoms with van der Waals surface area (Å²) in [7, 11) is 3.07. The van der Waals surface area contributed by atoms with Crippen molar-refractivity contribution < 1.29 is 14.3 Å². The Kier molecular flexibility index (Phi) is 13.7. The molecule has 0 aliphatic rings. The van der Waals surface area contributed by atoms with Crippen LogP contribution in [0.3, 0.4) is 0 Å². The average molecular weight is 478 g/mol. The highest BCUT2D eigenvalue weighted by Crippen LogP contribution is 2.09. The largest absolute Gasteiger partial charge is 0.453 e. The predicted molar refractivity (Wildman–Crippen MR) is 116 cm³/mol. The summed E-state index contributed by atoms with van der Waals surface area (Å²) in [5, 5.41) is 9.07. The van der Waals surface area contributed by atoms with Gasteiger partial charge in [-0.25, -0.2) is 4.79 Å². The van der Waals surface area contributed by atoms with Crippen LogP contribution in [0.4, 0.5) is 10.5 Å². The van der Waals surface area contributed by atoms with Gasteiger partial charge in [-0.3, -0.25) is 10.3 Å². The van der Waals surface area contributed by atoms with Gasteiger partial charge in [0.05, 0.1) is 13.7 Å². The molecule has 0 aromatic heterocycles. The zero-order valence-electron chi connectivity index (χ0n) is 16.0. The number of carbonyl (C=O) groups excluding carboxylic acids is 1. The number of halogens is 1. The van der Waals surface area contributed by atoms with Crippen LogP contribution < -0.4 is 16.0 Å². The topological polar surface area (TPSA) is 84.0 Å². The number of nitrogens with one attached hydrogen (secondary N) is 3. The second kappa shape index (κ2) is 14.6. The summed E-state index contributed by atoms with van der Waals surface area (Å²) in [6.07, 6.45) is 0.597. The first-order valence-corrected chi connectivity index (χ1v) is 8.51. The SMILES string of the molecule is CN=C(NCCOCCC(C)C)NCc1ccc(NC(=O)OC)cc1.I. The number of nitrogens with zero attached hydrogens (tertiary/aromatic N) is 1. The van der Waals surface area contributed by atoms with Gasteiger partial charge in [-0.05, 0) is 30.0 Å². The van der Waals surface area contributed by atoms with Crippen molar-refractivity contribution >= 4 is 41.7 Å². The smallest absolute Gasteiger partial charge is 0.411 e. The second-order valence-electron chi connectivity index (χ2n) is 5.96. The standard InChI is InChI=1S/C18H30N4O3.HI/c1-14(2)9-11-25-12-10-20-17(19-3)21-13-15-5-7-16(8-6-15)22-18(23)24-4;/h5-8,14H,9-13H2,1-4H3,(H,22,23)(H2,19,20,21);1H. The Morgan fingerprint density at radius 2 is 1.85 bits per heavy atom. The first kappa shape index (κ1) is 24.5. The molecule has 0 spiro atoms.